The van der Waals surface area contributed by atoms with Crippen molar-refractivity contribution in [2.45, 2.75) is 20.3 Å². The summed E-state index contributed by atoms with van der Waals surface area (Å²) in [6.45, 7) is 5.71. The monoisotopic (exact) mass is 488 g/mol. The van der Waals surface area contributed by atoms with Gasteiger partial charge in [-0.3, -0.25) is 4.99 Å². The Morgan fingerprint density at radius 2 is 1.96 bits per heavy atom. The molecule has 0 aliphatic carbocycles. The fourth-order valence-corrected chi connectivity index (χ4v) is 2.65. The molecule has 0 heterocycles. The molecule has 6 nitrogen and oxygen atoms in total. The number of nitrogens with zero attached hydrogens (tertiary/aromatic N) is 1. The molecule has 0 saturated heterocycles. The smallest absolute Gasteiger partial charge is 0.211 e. The highest BCUT2D eigenvalue weighted by Gasteiger charge is 2.04. The highest BCUT2D eigenvalue weighted by molar-refractivity contribution is 14.0. The molecule has 0 aromatic heterocycles. The third-order valence-electron chi connectivity index (χ3n) is 3.02. The number of hydrogen-bond donors (Lipinski definition) is 3. The van der Waals surface area contributed by atoms with Crippen molar-refractivity contribution in [3.05, 3.63) is 34.9 Å². The van der Waals surface area contributed by atoms with Gasteiger partial charge in [-0.15, -0.1) is 24.0 Å². The van der Waals surface area contributed by atoms with Crippen LogP contribution >= 0.6 is 35.6 Å². The van der Waals surface area contributed by atoms with Crippen LogP contribution < -0.4 is 15.4 Å². The van der Waals surface area contributed by atoms with E-state index >= 15 is 0 Å². The summed E-state index contributed by atoms with van der Waals surface area (Å²) in [7, 11) is -3.16. The van der Waals surface area contributed by atoms with Crippen molar-refractivity contribution in [2.75, 3.05) is 31.9 Å². The van der Waals surface area contributed by atoms with E-state index in [-0.39, 0.29) is 29.7 Å². The average molecular weight is 489 g/mol. The van der Waals surface area contributed by atoms with Gasteiger partial charge in [0.1, 0.15) is 0 Å². The summed E-state index contributed by atoms with van der Waals surface area (Å²) >= 11 is 5.96. The zero-order chi connectivity index (χ0) is 17.1. The van der Waals surface area contributed by atoms with Crippen molar-refractivity contribution in [3.63, 3.8) is 0 Å². The first-order valence-electron chi connectivity index (χ1n) is 7.70. The molecule has 0 radical (unpaired) electrons. The third-order valence-corrected chi connectivity index (χ3v) is 4.66. The Hall–Kier alpha value is -0.580. The molecular formula is C15H26ClIN4O2S. The van der Waals surface area contributed by atoms with Crippen molar-refractivity contribution in [2.24, 2.45) is 4.99 Å². The lowest BCUT2D eigenvalue weighted by atomic mass is 10.1. The predicted octanol–water partition coefficient (Wildman–Crippen LogP) is 1.99. The number of halogens is 2. The van der Waals surface area contributed by atoms with Crippen LogP contribution in [0.4, 0.5) is 0 Å². The van der Waals surface area contributed by atoms with Crippen LogP contribution in [0.1, 0.15) is 19.4 Å². The molecule has 1 aromatic rings. The molecule has 0 bridgehead atoms. The average Bonchev–Trinajstić information content (AvgIpc) is 2.51. The number of rotatable bonds is 9. The largest absolute Gasteiger partial charge is 0.357 e. The summed E-state index contributed by atoms with van der Waals surface area (Å²) in [5.74, 6) is 0.750. The van der Waals surface area contributed by atoms with Gasteiger partial charge in [-0.05, 0) is 38.0 Å². The molecule has 0 aliphatic heterocycles. The highest BCUT2D eigenvalue weighted by Crippen LogP contribution is 2.10. The Kier molecular flexibility index (Phi) is 12.4. The minimum atomic E-state index is -3.16. The summed E-state index contributed by atoms with van der Waals surface area (Å²) in [6.07, 6.45) is 0.827. The number of benzene rings is 1. The summed E-state index contributed by atoms with van der Waals surface area (Å²) < 4.78 is 25.1. The summed E-state index contributed by atoms with van der Waals surface area (Å²) in [4.78, 5) is 4.34. The zero-order valence-electron chi connectivity index (χ0n) is 14.0. The Bertz CT molecular complexity index is 611. The van der Waals surface area contributed by atoms with Crippen LogP contribution in [0.3, 0.4) is 0 Å². The van der Waals surface area contributed by atoms with Gasteiger partial charge in [0.25, 0.3) is 0 Å². The van der Waals surface area contributed by atoms with Gasteiger partial charge in [-0.25, -0.2) is 13.1 Å². The maximum Gasteiger partial charge on any atom is 0.211 e. The zero-order valence-corrected chi connectivity index (χ0v) is 17.9. The van der Waals surface area contributed by atoms with E-state index in [1.54, 1.807) is 6.92 Å². The van der Waals surface area contributed by atoms with Crippen molar-refractivity contribution in [3.8, 4) is 0 Å². The Morgan fingerprint density at radius 1 is 1.21 bits per heavy atom. The second-order valence-electron chi connectivity index (χ2n) is 4.87. The Balaban J connectivity index is 0.00000529. The van der Waals surface area contributed by atoms with Crippen molar-refractivity contribution < 1.29 is 8.42 Å². The van der Waals surface area contributed by atoms with E-state index in [0.29, 0.717) is 25.6 Å². The minimum Gasteiger partial charge on any atom is -0.357 e. The van der Waals surface area contributed by atoms with Crippen molar-refractivity contribution >= 4 is 51.6 Å². The highest BCUT2D eigenvalue weighted by atomic mass is 127. The van der Waals surface area contributed by atoms with E-state index in [2.05, 4.69) is 20.3 Å². The number of nitrogens with one attached hydrogen (secondary N) is 3. The molecule has 138 valence electrons. The lowest BCUT2D eigenvalue weighted by Gasteiger charge is -2.11. The van der Waals surface area contributed by atoms with Crippen LogP contribution in [0.5, 0.6) is 0 Å². The van der Waals surface area contributed by atoms with E-state index in [4.69, 9.17) is 11.6 Å². The second-order valence-corrected chi connectivity index (χ2v) is 7.40. The molecule has 24 heavy (non-hydrogen) atoms. The lowest BCUT2D eigenvalue weighted by Crippen LogP contribution is -2.39. The maximum absolute atomic E-state index is 11.3. The van der Waals surface area contributed by atoms with Crippen LogP contribution in [-0.2, 0) is 16.4 Å². The van der Waals surface area contributed by atoms with Gasteiger partial charge in [0, 0.05) is 24.7 Å². The molecule has 0 fully saturated rings. The van der Waals surface area contributed by atoms with Gasteiger partial charge >= 0.3 is 0 Å². The first-order chi connectivity index (χ1) is 11.0. The van der Waals surface area contributed by atoms with Gasteiger partial charge in [0.15, 0.2) is 5.96 Å². The molecule has 0 saturated carbocycles. The number of hydrogen-bond acceptors (Lipinski definition) is 3. The van der Waals surface area contributed by atoms with E-state index in [9.17, 15) is 8.42 Å². The topological polar surface area (TPSA) is 82.6 Å². The Labute approximate surface area is 166 Å². The van der Waals surface area contributed by atoms with Crippen LogP contribution in [0.25, 0.3) is 0 Å². The number of sulfonamides is 1. The van der Waals surface area contributed by atoms with Crippen LogP contribution in [0, 0.1) is 0 Å². The predicted molar refractivity (Wildman–Crippen MR) is 112 cm³/mol. The molecule has 3 N–H and O–H groups in total. The minimum absolute atomic E-state index is 0. The van der Waals surface area contributed by atoms with Gasteiger partial charge in [-0.2, -0.15) is 0 Å². The van der Waals surface area contributed by atoms with Gasteiger partial charge in [0.05, 0.1) is 12.3 Å². The fraction of sp³-hybridized carbons (Fsp3) is 0.533. The molecule has 0 amide bonds. The van der Waals surface area contributed by atoms with Gasteiger partial charge in [0.2, 0.25) is 10.0 Å². The molecule has 0 spiro atoms. The van der Waals surface area contributed by atoms with Gasteiger partial charge in [-0.1, -0.05) is 23.7 Å². The normalized spacial score (nSPS) is 11.7. The molecule has 9 heteroatoms. The summed E-state index contributed by atoms with van der Waals surface area (Å²) in [6, 6.07) is 7.74. The quantitative estimate of drug-likeness (QED) is 0.215. The molecule has 0 unspecified atom stereocenters. The van der Waals surface area contributed by atoms with Crippen LogP contribution in [0.2, 0.25) is 5.02 Å². The number of aliphatic imine (C=N–C) groups is 1. The standard InChI is InChI=1S/C15H25ClN4O2S.HI/c1-3-17-15(19-10-11-20-23(21,22)4-2)18-9-8-13-6-5-7-14(16)12-13;/h5-7,12,20H,3-4,8-11H2,1-2H3,(H2,17,18,19);1H. The van der Waals surface area contributed by atoms with Crippen molar-refractivity contribution in [1.82, 2.24) is 15.4 Å². The maximum atomic E-state index is 11.3. The number of guanidine groups is 1. The third kappa shape index (κ3) is 10.3. The van der Waals surface area contributed by atoms with Gasteiger partial charge < -0.3 is 10.6 Å². The Morgan fingerprint density at radius 3 is 2.58 bits per heavy atom. The fourth-order valence-electron chi connectivity index (χ4n) is 1.83. The summed E-state index contributed by atoms with van der Waals surface area (Å²) in [5.41, 5.74) is 1.15. The first-order valence-corrected chi connectivity index (χ1v) is 9.73. The molecule has 0 aliphatic rings. The van der Waals surface area contributed by atoms with E-state index in [1.807, 2.05) is 31.2 Å². The molecule has 0 atom stereocenters. The molecule has 1 rings (SSSR count). The lowest BCUT2D eigenvalue weighted by molar-refractivity contribution is 0.583. The first kappa shape index (κ1) is 23.4. The second kappa shape index (κ2) is 12.7. The SMILES string of the molecule is CCNC(=NCCNS(=O)(=O)CC)NCCc1cccc(Cl)c1.I. The van der Waals surface area contributed by atoms with Crippen LogP contribution in [-0.4, -0.2) is 46.3 Å². The molecule has 1 aromatic carbocycles. The molecular weight excluding hydrogens is 463 g/mol. The van der Waals surface area contributed by atoms with E-state index < -0.39 is 10.0 Å². The van der Waals surface area contributed by atoms with Crippen molar-refractivity contribution in [1.29, 1.82) is 0 Å². The van der Waals surface area contributed by atoms with E-state index in [0.717, 1.165) is 23.6 Å². The summed E-state index contributed by atoms with van der Waals surface area (Å²) in [5, 5.41) is 7.07. The van der Waals surface area contributed by atoms with E-state index in [1.165, 1.54) is 0 Å². The van der Waals surface area contributed by atoms with Crippen LogP contribution in [0.15, 0.2) is 29.3 Å².